The molecule has 0 bridgehead atoms. The number of benzene rings is 1. The largest absolute Gasteiger partial charge is 0.371 e. The molecule has 2 aliphatic rings. The smallest absolute Gasteiger partial charge is 0.127 e. The highest BCUT2D eigenvalue weighted by Gasteiger charge is 2.40. The lowest BCUT2D eigenvalue weighted by Crippen LogP contribution is -2.53. The SMILES string of the molecule is CC.c1cnnc(CN=C2Nc3ccccc3NC23CCCCC3)c1. The molecule has 2 aromatic rings. The van der Waals surface area contributed by atoms with Crippen LogP contribution in [0.3, 0.4) is 0 Å². The molecule has 0 radical (unpaired) electrons. The van der Waals surface area contributed by atoms with Gasteiger partial charge in [-0.05, 0) is 37.1 Å². The highest BCUT2D eigenvalue weighted by Crippen LogP contribution is 2.39. The van der Waals surface area contributed by atoms with E-state index in [1.807, 2.05) is 32.0 Å². The van der Waals surface area contributed by atoms with E-state index in [0.29, 0.717) is 6.54 Å². The number of para-hydroxylation sites is 2. The summed E-state index contributed by atoms with van der Waals surface area (Å²) in [6.07, 6.45) is 7.71. The fourth-order valence-corrected chi connectivity index (χ4v) is 3.55. The second-order valence-corrected chi connectivity index (χ2v) is 6.32. The van der Waals surface area contributed by atoms with E-state index in [4.69, 9.17) is 4.99 Å². The topological polar surface area (TPSA) is 62.2 Å². The van der Waals surface area contributed by atoms with Crippen LogP contribution in [0.15, 0.2) is 47.6 Å². The van der Waals surface area contributed by atoms with Gasteiger partial charge in [0, 0.05) is 6.20 Å². The van der Waals surface area contributed by atoms with Crippen molar-refractivity contribution in [2.45, 2.75) is 58.0 Å². The zero-order chi connectivity index (χ0) is 17.5. The molecule has 1 aromatic heterocycles. The van der Waals surface area contributed by atoms with Crippen LogP contribution in [0.2, 0.25) is 0 Å². The van der Waals surface area contributed by atoms with E-state index >= 15 is 0 Å². The van der Waals surface area contributed by atoms with Crippen molar-refractivity contribution in [1.29, 1.82) is 0 Å². The van der Waals surface area contributed by atoms with Gasteiger partial charge in [0.05, 0.1) is 29.2 Å². The molecule has 0 saturated heterocycles. The molecular weight excluding hydrogens is 310 g/mol. The molecule has 2 N–H and O–H groups in total. The number of aliphatic imine (C=N–C) groups is 1. The molecule has 1 aliphatic heterocycles. The maximum Gasteiger partial charge on any atom is 0.127 e. The average Bonchev–Trinajstić information content (AvgIpc) is 2.69. The van der Waals surface area contributed by atoms with Crippen LogP contribution in [0.1, 0.15) is 51.6 Å². The van der Waals surface area contributed by atoms with Gasteiger partial charge in [0.2, 0.25) is 0 Å². The minimum Gasteiger partial charge on any atom is -0.371 e. The Balaban J connectivity index is 0.000000880. The number of aromatic nitrogens is 2. The Morgan fingerprint density at radius 3 is 2.48 bits per heavy atom. The van der Waals surface area contributed by atoms with E-state index in [0.717, 1.165) is 30.1 Å². The molecule has 4 rings (SSSR count). The lowest BCUT2D eigenvalue weighted by molar-refractivity contribution is 0.402. The Bertz CT molecular complexity index is 705. The second kappa shape index (κ2) is 8.10. The van der Waals surface area contributed by atoms with Gasteiger partial charge >= 0.3 is 0 Å². The van der Waals surface area contributed by atoms with Crippen molar-refractivity contribution in [3.05, 3.63) is 48.3 Å². The van der Waals surface area contributed by atoms with Crippen LogP contribution in [-0.4, -0.2) is 21.6 Å². The van der Waals surface area contributed by atoms with Crippen molar-refractivity contribution in [2.24, 2.45) is 4.99 Å². The molecule has 1 aromatic carbocycles. The summed E-state index contributed by atoms with van der Waals surface area (Å²) in [5, 5.41) is 15.4. The first-order chi connectivity index (χ1) is 12.4. The van der Waals surface area contributed by atoms with Crippen molar-refractivity contribution < 1.29 is 0 Å². The third kappa shape index (κ3) is 3.81. The monoisotopic (exact) mass is 337 g/mol. The number of anilines is 2. The summed E-state index contributed by atoms with van der Waals surface area (Å²) in [6.45, 7) is 4.56. The van der Waals surface area contributed by atoms with Crippen LogP contribution in [0, 0.1) is 0 Å². The van der Waals surface area contributed by atoms with Crippen LogP contribution < -0.4 is 10.6 Å². The number of fused-ring (bicyclic) bond motifs is 1. The van der Waals surface area contributed by atoms with E-state index in [-0.39, 0.29) is 5.54 Å². The molecule has 1 spiro atoms. The van der Waals surface area contributed by atoms with Gasteiger partial charge in [-0.15, -0.1) is 0 Å². The number of nitrogens with one attached hydrogen (secondary N) is 2. The maximum absolute atomic E-state index is 4.87. The Hall–Kier alpha value is -2.43. The predicted molar refractivity (Wildman–Crippen MR) is 104 cm³/mol. The Morgan fingerprint density at radius 1 is 1.00 bits per heavy atom. The summed E-state index contributed by atoms with van der Waals surface area (Å²) in [7, 11) is 0. The third-order valence-electron chi connectivity index (χ3n) is 4.74. The third-order valence-corrected chi connectivity index (χ3v) is 4.74. The number of hydrogen-bond acceptors (Lipinski definition) is 4. The minimum atomic E-state index is -0.0607. The lowest BCUT2D eigenvalue weighted by Gasteiger charge is -2.44. The summed E-state index contributed by atoms with van der Waals surface area (Å²) in [5.41, 5.74) is 3.11. The number of hydrogen-bond donors (Lipinski definition) is 2. The fraction of sp³-hybridized carbons (Fsp3) is 0.450. The quantitative estimate of drug-likeness (QED) is 0.838. The maximum atomic E-state index is 4.87. The van der Waals surface area contributed by atoms with Crippen molar-refractivity contribution >= 4 is 17.2 Å². The van der Waals surface area contributed by atoms with Crippen LogP contribution in [0.5, 0.6) is 0 Å². The van der Waals surface area contributed by atoms with Crippen LogP contribution in [-0.2, 0) is 6.54 Å². The van der Waals surface area contributed by atoms with Gasteiger partial charge in [0.25, 0.3) is 0 Å². The molecule has 132 valence electrons. The van der Waals surface area contributed by atoms with E-state index in [9.17, 15) is 0 Å². The van der Waals surface area contributed by atoms with E-state index < -0.39 is 0 Å². The molecule has 5 heteroatoms. The van der Waals surface area contributed by atoms with Crippen molar-refractivity contribution in [1.82, 2.24) is 10.2 Å². The first kappa shape index (κ1) is 17.4. The summed E-state index contributed by atoms with van der Waals surface area (Å²) < 4.78 is 0. The summed E-state index contributed by atoms with van der Waals surface area (Å²) in [5.74, 6) is 1.04. The van der Waals surface area contributed by atoms with Crippen LogP contribution in [0.25, 0.3) is 0 Å². The fourth-order valence-electron chi connectivity index (χ4n) is 3.55. The zero-order valence-corrected chi connectivity index (χ0v) is 15.1. The molecule has 0 amide bonds. The number of amidine groups is 1. The van der Waals surface area contributed by atoms with Gasteiger partial charge in [-0.1, -0.05) is 45.2 Å². The zero-order valence-electron chi connectivity index (χ0n) is 15.1. The Morgan fingerprint density at radius 2 is 1.76 bits per heavy atom. The standard InChI is InChI=1S/C18H21N5.C2H6/c1-4-10-18(11-5-1)17(19-13-14-7-6-12-20-23-14)21-15-8-2-3-9-16(15)22-18;1-2/h2-3,6-9,12,22H,1,4-5,10-11,13H2,(H,19,21);1-2H3. The summed E-state index contributed by atoms with van der Waals surface area (Å²) in [6, 6.07) is 12.2. The van der Waals surface area contributed by atoms with Gasteiger partial charge < -0.3 is 10.6 Å². The predicted octanol–water partition coefficient (Wildman–Crippen LogP) is 4.64. The highest BCUT2D eigenvalue weighted by molar-refractivity contribution is 6.09. The van der Waals surface area contributed by atoms with Gasteiger partial charge in [-0.3, -0.25) is 4.99 Å². The molecule has 0 atom stereocenters. The van der Waals surface area contributed by atoms with Gasteiger partial charge in [0.1, 0.15) is 5.84 Å². The molecule has 0 unspecified atom stereocenters. The van der Waals surface area contributed by atoms with Crippen molar-refractivity contribution in [3.8, 4) is 0 Å². The summed E-state index contributed by atoms with van der Waals surface area (Å²) >= 11 is 0. The minimum absolute atomic E-state index is 0.0607. The van der Waals surface area contributed by atoms with E-state index in [1.165, 1.54) is 24.9 Å². The Kier molecular flexibility index (Phi) is 5.64. The second-order valence-electron chi connectivity index (χ2n) is 6.32. The van der Waals surface area contributed by atoms with Gasteiger partial charge in [-0.2, -0.15) is 10.2 Å². The molecule has 1 fully saturated rings. The van der Waals surface area contributed by atoms with Crippen molar-refractivity contribution in [2.75, 3.05) is 10.6 Å². The lowest BCUT2D eigenvalue weighted by atomic mass is 9.79. The highest BCUT2D eigenvalue weighted by atomic mass is 15.2. The molecule has 25 heavy (non-hydrogen) atoms. The van der Waals surface area contributed by atoms with Crippen LogP contribution in [0.4, 0.5) is 11.4 Å². The number of rotatable bonds is 2. The van der Waals surface area contributed by atoms with Crippen LogP contribution >= 0.6 is 0 Å². The molecule has 1 aliphatic carbocycles. The van der Waals surface area contributed by atoms with Gasteiger partial charge in [-0.25, -0.2) is 0 Å². The van der Waals surface area contributed by atoms with Crippen molar-refractivity contribution in [3.63, 3.8) is 0 Å². The van der Waals surface area contributed by atoms with E-state index in [1.54, 1.807) is 6.20 Å². The summed E-state index contributed by atoms with van der Waals surface area (Å²) in [4.78, 5) is 4.87. The molecule has 2 heterocycles. The molecular formula is C20H27N5. The van der Waals surface area contributed by atoms with E-state index in [2.05, 4.69) is 39.0 Å². The first-order valence-electron chi connectivity index (χ1n) is 9.31. The van der Waals surface area contributed by atoms with Gasteiger partial charge in [0.15, 0.2) is 0 Å². The molecule has 1 saturated carbocycles. The Labute approximate surface area is 150 Å². The number of nitrogens with zero attached hydrogens (tertiary/aromatic N) is 3. The first-order valence-corrected chi connectivity index (χ1v) is 9.31. The average molecular weight is 337 g/mol. The molecule has 5 nitrogen and oxygen atoms in total. The normalized spacial score (nSPS) is 19.2.